The molecule has 1 atom stereocenters. The van der Waals surface area contributed by atoms with Crippen molar-refractivity contribution in [3.8, 4) is 0 Å². The van der Waals surface area contributed by atoms with Gasteiger partial charge in [0.25, 0.3) is 0 Å². The molecular formula is C15H18N4O3. The number of pyridine rings is 1. The molecule has 0 aromatic carbocycles. The zero-order valence-electron chi connectivity index (χ0n) is 12.3. The van der Waals surface area contributed by atoms with Crippen LogP contribution in [0.4, 0.5) is 5.69 Å². The number of amides is 1. The minimum Gasteiger partial charge on any atom is -0.390 e. The molecule has 3 heterocycles. The maximum absolute atomic E-state index is 11.9. The van der Waals surface area contributed by atoms with E-state index in [2.05, 4.69) is 4.98 Å². The van der Waals surface area contributed by atoms with Gasteiger partial charge in [-0.2, -0.15) is 0 Å². The van der Waals surface area contributed by atoms with Gasteiger partial charge in [0, 0.05) is 19.4 Å². The van der Waals surface area contributed by atoms with Crippen LogP contribution in [0.5, 0.6) is 0 Å². The van der Waals surface area contributed by atoms with Crippen LogP contribution >= 0.6 is 0 Å². The van der Waals surface area contributed by atoms with E-state index in [0.717, 1.165) is 18.5 Å². The lowest BCUT2D eigenvalue weighted by Crippen LogP contribution is -2.37. The predicted molar refractivity (Wildman–Crippen MR) is 79.2 cm³/mol. The van der Waals surface area contributed by atoms with E-state index in [4.69, 9.17) is 0 Å². The van der Waals surface area contributed by atoms with E-state index in [9.17, 15) is 15.0 Å². The van der Waals surface area contributed by atoms with Crippen LogP contribution in [-0.2, 0) is 11.4 Å². The Kier molecular flexibility index (Phi) is 2.88. The summed E-state index contributed by atoms with van der Waals surface area (Å²) in [6, 6.07) is 2.01. The molecule has 1 aliphatic carbocycles. The van der Waals surface area contributed by atoms with Gasteiger partial charge in [0.15, 0.2) is 5.65 Å². The van der Waals surface area contributed by atoms with Crippen molar-refractivity contribution in [1.82, 2.24) is 14.3 Å². The fourth-order valence-electron chi connectivity index (χ4n) is 2.97. The monoisotopic (exact) mass is 302 g/mol. The summed E-state index contributed by atoms with van der Waals surface area (Å²) < 4.78 is 1.88. The summed E-state index contributed by atoms with van der Waals surface area (Å²) in [6.45, 7) is -0.00989. The summed E-state index contributed by atoms with van der Waals surface area (Å²) in [7, 11) is 1.58. The number of carbonyl (C=O) groups is 1. The van der Waals surface area contributed by atoms with Gasteiger partial charge in [0.05, 0.1) is 18.0 Å². The third kappa shape index (κ3) is 1.97. The second-order valence-corrected chi connectivity index (χ2v) is 6.03. The zero-order valence-corrected chi connectivity index (χ0v) is 12.3. The lowest BCUT2D eigenvalue weighted by molar-refractivity contribution is -0.130. The fraction of sp³-hybridized carbons (Fsp3) is 0.467. The molecule has 1 saturated heterocycles. The molecule has 4 rings (SSSR count). The SMILES string of the molecule is CN1C(=O)CN(c2cc(C3CC3)cn3cc(CO)nc23)C1O. The molecule has 116 valence electrons. The van der Waals surface area contributed by atoms with Gasteiger partial charge >= 0.3 is 0 Å². The number of imidazole rings is 1. The van der Waals surface area contributed by atoms with Crippen molar-refractivity contribution in [3.05, 3.63) is 29.7 Å². The van der Waals surface area contributed by atoms with Crippen molar-refractivity contribution in [2.24, 2.45) is 0 Å². The van der Waals surface area contributed by atoms with Crippen LogP contribution in [-0.4, -0.2) is 50.3 Å². The number of aromatic nitrogens is 2. The Morgan fingerprint density at radius 2 is 2.14 bits per heavy atom. The summed E-state index contributed by atoms with van der Waals surface area (Å²) in [4.78, 5) is 19.2. The minimum atomic E-state index is -0.986. The molecule has 2 aromatic heterocycles. The van der Waals surface area contributed by atoms with Crippen LogP contribution in [0, 0.1) is 0 Å². The maximum Gasteiger partial charge on any atom is 0.245 e. The number of likely N-dealkylation sites (N-methyl/N-ethyl adjacent to an activating group) is 1. The molecule has 2 N–H and O–H groups in total. The number of anilines is 1. The summed E-state index contributed by atoms with van der Waals surface area (Å²) in [5, 5.41) is 19.6. The molecule has 1 unspecified atom stereocenters. The molecule has 1 aliphatic heterocycles. The highest BCUT2D eigenvalue weighted by Crippen LogP contribution is 2.42. The number of nitrogens with zero attached hydrogens (tertiary/aromatic N) is 4. The molecule has 0 spiro atoms. The largest absolute Gasteiger partial charge is 0.390 e. The van der Waals surface area contributed by atoms with E-state index < -0.39 is 6.35 Å². The van der Waals surface area contributed by atoms with E-state index in [1.807, 2.05) is 16.7 Å². The van der Waals surface area contributed by atoms with Crippen LogP contribution < -0.4 is 4.90 Å². The van der Waals surface area contributed by atoms with Gasteiger partial charge in [-0.25, -0.2) is 4.98 Å². The number of rotatable bonds is 3. The molecule has 0 radical (unpaired) electrons. The summed E-state index contributed by atoms with van der Waals surface area (Å²) in [5.74, 6) is 0.410. The van der Waals surface area contributed by atoms with E-state index in [0.29, 0.717) is 17.3 Å². The molecule has 1 saturated carbocycles. The Balaban J connectivity index is 1.87. The first-order valence-electron chi connectivity index (χ1n) is 7.41. The van der Waals surface area contributed by atoms with Gasteiger partial charge in [-0.1, -0.05) is 0 Å². The van der Waals surface area contributed by atoms with Crippen molar-refractivity contribution >= 4 is 17.2 Å². The highest BCUT2D eigenvalue weighted by atomic mass is 16.3. The van der Waals surface area contributed by atoms with E-state index in [-0.39, 0.29) is 19.1 Å². The lowest BCUT2D eigenvalue weighted by Gasteiger charge is -2.24. The Morgan fingerprint density at radius 3 is 2.73 bits per heavy atom. The number of fused-ring (bicyclic) bond motifs is 1. The average molecular weight is 302 g/mol. The smallest absolute Gasteiger partial charge is 0.245 e. The highest BCUT2D eigenvalue weighted by Gasteiger charge is 2.36. The topological polar surface area (TPSA) is 81.3 Å². The number of aliphatic hydroxyl groups is 2. The van der Waals surface area contributed by atoms with Gasteiger partial charge in [-0.15, -0.1) is 0 Å². The van der Waals surface area contributed by atoms with Crippen LogP contribution in [0.15, 0.2) is 18.5 Å². The molecule has 7 nitrogen and oxygen atoms in total. The number of carbonyl (C=O) groups excluding carboxylic acids is 1. The standard InChI is InChI=1S/C15H18N4O3/c1-17-13(21)7-19(15(17)22)12-4-10(9-2-3-9)5-18-6-11(8-20)16-14(12)18/h4-6,9,15,20,22H,2-3,7-8H2,1H3. The molecule has 7 heteroatoms. The predicted octanol–water partition coefficient (Wildman–Crippen LogP) is 0.258. The van der Waals surface area contributed by atoms with Crippen molar-refractivity contribution < 1.29 is 15.0 Å². The molecular weight excluding hydrogens is 284 g/mol. The van der Waals surface area contributed by atoms with Crippen LogP contribution in [0.3, 0.4) is 0 Å². The minimum absolute atomic E-state index is 0.128. The first kappa shape index (κ1) is 13.5. The summed E-state index contributed by atoms with van der Waals surface area (Å²) in [5.41, 5.74) is 3.13. The number of aliphatic hydroxyl groups excluding tert-OH is 2. The quantitative estimate of drug-likeness (QED) is 0.850. The fourth-order valence-corrected chi connectivity index (χ4v) is 2.97. The number of hydrogen-bond acceptors (Lipinski definition) is 5. The molecule has 2 aliphatic rings. The maximum atomic E-state index is 11.9. The Bertz CT molecular complexity index is 753. The van der Waals surface area contributed by atoms with Gasteiger partial charge in [0.2, 0.25) is 12.3 Å². The van der Waals surface area contributed by atoms with Crippen LogP contribution in [0.1, 0.15) is 30.0 Å². The van der Waals surface area contributed by atoms with Gasteiger partial charge < -0.3 is 24.4 Å². The zero-order chi connectivity index (χ0) is 15.4. The Morgan fingerprint density at radius 1 is 1.36 bits per heavy atom. The number of hydrogen-bond donors (Lipinski definition) is 2. The van der Waals surface area contributed by atoms with Crippen molar-refractivity contribution in [2.45, 2.75) is 31.7 Å². The van der Waals surface area contributed by atoms with Crippen LogP contribution in [0.25, 0.3) is 5.65 Å². The summed E-state index contributed by atoms with van der Waals surface area (Å²) >= 11 is 0. The molecule has 1 amide bonds. The first-order chi connectivity index (χ1) is 10.6. The van der Waals surface area contributed by atoms with Crippen molar-refractivity contribution in [3.63, 3.8) is 0 Å². The van der Waals surface area contributed by atoms with Gasteiger partial charge in [-0.3, -0.25) is 4.79 Å². The van der Waals surface area contributed by atoms with E-state index >= 15 is 0 Å². The normalized spacial score (nSPS) is 22.1. The first-order valence-corrected chi connectivity index (χ1v) is 7.41. The second kappa shape index (κ2) is 4.69. The molecule has 2 aromatic rings. The van der Waals surface area contributed by atoms with E-state index in [1.165, 1.54) is 10.5 Å². The summed E-state index contributed by atoms with van der Waals surface area (Å²) in [6.07, 6.45) is 5.15. The Labute approximate surface area is 127 Å². The molecule has 2 fully saturated rings. The van der Waals surface area contributed by atoms with Gasteiger partial charge in [-0.05, 0) is 30.4 Å². The third-order valence-electron chi connectivity index (χ3n) is 4.45. The van der Waals surface area contributed by atoms with Gasteiger partial charge in [0.1, 0.15) is 6.54 Å². The lowest BCUT2D eigenvalue weighted by atomic mass is 10.1. The average Bonchev–Trinajstić information content (AvgIpc) is 3.23. The highest BCUT2D eigenvalue weighted by molar-refractivity contribution is 5.87. The third-order valence-corrected chi connectivity index (χ3v) is 4.45. The molecule has 0 bridgehead atoms. The molecule has 22 heavy (non-hydrogen) atoms. The van der Waals surface area contributed by atoms with E-state index in [1.54, 1.807) is 18.1 Å². The van der Waals surface area contributed by atoms with Crippen LogP contribution in [0.2, 0.25) is 0 Å². The second-order valence-electron chi connectivity index (χ2n) is 6.03. The Hall–Kier alpha value is -2.12. The van der Waals surface area contributed by atoms with Crippen molar-refractivity contribution in [2.75, 3.05) is 18.5 Å². The van der Waals surface area contributed by atoms with Crippen molar-refractivity contribution in [1.29, 1.82) is 0 Å².